The highest BCUT2D eigenvalue weighted by Crippen LogP contribution is 2.34. The van der Waals surface area contributed by atoms with Gasteiger partial charge in [0.25, 0.3) is 0 Å². The largest absolute Gasteiger partial charge is 0.393 e. The first-order valence-corrected chi connectivity index (χ1v) is 5.87. The third-order valence-corrected chi connectivity index (χ3v) is 3.18. The Morgan fingerprint density at radius 2 is 2.00 bits per heavy atom. The van der Waals surface area contributed by atoms with E-state index in [1.165, 1.54) is 12.8 Å². The molecule has 0 aromatic heterocycles. The maximum absolute atomic E-state index is 11.4. The van der Waals surface area contributed by atoms with Crippen molar-refractivity contribution in [1.29, 1.82) is 0 Å². The number of nitrogens with two attached hydrogens (primary N) is 1. The third-order valence-electron chi connectivity index (χ3n) is 3.04. The van der Waals surface area contributed by atoms with Crippen LogP contribution in [0.2, 0.25) is 0 Å². The monoisotopic (exact) mass is 228 g/mol. The van der Waals surface area contributed by atoms with E-state index in [9.17, 15) is 4.79 Å². The standard InChI is InChI=1S/C11H20N2OS/c1-11(2)5-3-8(4-6-11)13-10(14)7-9(12)15/h8H,3-7H2,1-2H3,(H2,12,15)(H,13,14). The number of thiocarbonyl (C=S) groups is 1. The van der Waals surface area contributed by atoms with Crippen molar-refractivity contribution in [2.24, 2.45) is 11.1 Å². The average molecular weight is 228 g/mol. The van der Waals surface area contributed by atoms with Crippen molar-refractivity contribution in [1.82, 2.24) is 5.32 Å². The number of hydrogen-bond donors (Lipinski definition) is 2. The normalized spacial score (nSPS) is 20.9. The summed E-state index contributed by atoms with van der Waals surface area (Å²) in [7, 11) is 0. The highest BCUT2D eigenvalue weighted by Gasteiger charge is 2.27. The second-order valence-corrected chi connectivity index (χ2v) is 5.67. The lowest BCUT2D eigenvalue weighted by molar-refractivity contribution is -0.120. The van der Waals surface area contributed by atoms with Crippen LogP contribution in [0.1, 0.15) is 46.0 Å². The Bertz CT molecular complexity index is 253. The molecule has 1 rings (SSSR count). The van der Waals surface area contributed by atoms with E-state index in [1.54, 1.807) is 0 Å². The Morgan fingerprint density at radius 3 is 2.47 bits per heavy atom. The molecule has 1 aliphatic carbocycles. The van der Waals surface area contributed by atoms with Gasteiger partial charge < -0.3 is 11.1 Å². The molecule has 0 bridgehead atoms. The molecule has 4 heteroatoms. The van der Waals surface area contributed by atoms with Gasteiger partial charge in [-0.1, -0.05) is 26.1 Å². The minimum Gasteiger partial charge on any atom is -0.393 e. The van der Waals surface area contributed by atoms with E-state index in [0.29, 0.717) is 11.5 Å². The maximum atomic E-state index is 11.4. The molecule has 0 saturated heterocycles. The molecule has 0 aromatic rings. The number of nitrogens with one attached hydrogen (secondary N) is 1. The van der Waals surface area contributed by atoms with Gasteiger partial charge >= 0.3 is 0 Å². The van der Waals surface area contributed by atoms with Crippen molar-refractivity contribution in [2.75, 3.05) is 0 Å². The first kappa shape index (κ1) is 12.4. The summed E-state index contributed by atoms with van der Waals surface area (Å²) in [5, 5.41) is 2.98. The van der Waals surface area contributed by atoms with Crippen LogP contribution in [0.15, 0.2) is 0 Å². The van der Waals surface area contributed by atoms with Crippen molar-refractivity contribution >= 4 is 23.1 Å². The zero-order valence-electron chi connectivity index (χ0n) is 9.51. The van der Waals surface area contributed by atoms with Crippen molar-refractivity contribution < 1.29 is 4.79 Å². The molecule has 15 heavy (non-hydrogen) atoms. The number of carbonyl (C=O) groups is 1. The second-order valence-electron chi connectivity index (χ2n) is 5.15. The van der Waals surface area contributed by atoms with Gasteiger partial charge in [-0.05, 0) is 31.1 Å². The molecule has 0 radical (unpaired) electrons. The molecule has 86 valence electrons. The van der Waals surface area contributed by atoms with E-state index in [1.807, 2.05) is 0 Å². The molecular formula is C11H20N2OS. The van der Waals surface area contributed by atoms with Crippen molar-refractivity contribution in [3.8, 4) is 0 Å². The predicted molar refractivity (Wildman–Crippen MR) is 65.6 cm³/mol. The number of hydrogen-bond acceptors (Lipinski definition) is 2. The summed E-state index contributed by atoms with van der Waals surface area (Å²) in [4.78, 5) is 11.7. The van der Waals surface area contributed by atoms with Gasteiger partial charge in [0.1, 0.15) is 0 Å². The fourth-order valence-corrected chi connectivity index (χ4v) is 2.11. The molecule has 3 N–H and O–H groups in total. The van der Waals surface area contributed by atoms with E-state index in [2.05, 4.69) is 19.2 Å². The molecule has 0 atom stereocenters. The highest BCUT2D eigenvalue weighted by atomic mass is 32.1. The quantitative estimate of drug-likeness (QED) is 0.724. The molecule has 1 aliphatic rings. The summed E-state index contributed by atoms with van der Waals surface area (Å²) in [6, 6.07) is 0.319. The molecule has 0 heterocycles. The van der Waals surface area contributed by atoms with Gasteiger partial charge in [-0.2, -0.15) is 0 Å². The minimum absolute atomic E-state index is 0.0350. The first-order valence-electron chi connectivity index (χ1n) is 5.47. The molecule has 1 saturated carbocycles. The fourth-order valence-electron chi connectivity index (χ4n) is 1.98. The Hall–Kier alpha value is -0.640. The molecule has 0 unspecified atom stereocenters. The Labute approximate surface area is 96.8 Å². The predicted octanol–water partition coefficient (Wildman–Crippen LogP) is 1.75. The van der Waals surface area contributed by atoms with Crippen molar-refractivity contribution in [3.05, 3.63) is 0 Å². The van der Waals surface area contributed by atoms with Crippen LogP contribution < -0.4 is 11.1 Å². The SMILES string of the molecule is CC1(C)CCC(NC(=O)CC(N)=S)CC1. The van der Waals surface area contributed by atoms with Crippen LogP contribution in [-0.2, 0) is 4.79 Å². The van der Waals surface area contributed by atoms with Crippen LogP contribution >= 0.6 is 12.2 Å². The van der Waals surface area contributed by atoms with E-state index >= 15 is 0 Å². The molecule has 1 amide bonds. The summed E-state index contributed by atoms with van der Waals surface area (Å²) < 4.78 is 0. The lowest BCUT2D eigenvalue weighted by Gasteiger charge is -2.34. The van der Waals surface area contributed by atoms with E-state index in [4.69, 9.17) is 18.0 Å². The van der Waals surface area contributed by atoms with Crippen LogP contribution in [0, 0.1) is 5.41 Å². The Balaban J connectivity index is 2.29. The van der Waals surface area contributed by atoms with Crippen LogP contribution in [-0.4, -0.2) is 16.9 Å². The average Bonchev–Trinajstić information content (AvgIpc) is 2.07. The Morgan fingerprint density at radius 1 is 1.47 bits per heavy atom. The van der Waals surface area contributed by atoms with E-state index in [0.717, 1.165) is 12.8 Å². The summed E-state index contributed by atoms with van der Waals surface area (Å²) in [5.41, 5.74) is 5.75. The third kappa shape index (κ3) is 4.60. The fraction of sp³-hybridized carbons (Fsp3) is 0.818. The van der Waals surface area contributed by atoms with E-state index < -0.39 is 0 Å². The van der Waals surface area contributed by atoms with Crippen molar-refractivity contribution in [2.45, 2.75) is 52.0 Å². The number of carbonyl (C=O) groups excluding carboxylic acids is 1. The maximum Gasteiger partial charge on any atom is 0.227 e. The topological polar surface area (TPSA) is 55.1 Å². The smallest absolute Gasteiger partial charge is 0.227 e. The molecular weight excluding hydrogens is 208 g/mol. The van der Waals surface area contributed by atoms with Crippen LogP contribution in [0.25, 0.3) is 0 Å². The van der Waals surface area contributed by atoms with Gasteiger partial charge in [0.2, 0.25) is 5.91 Å². The molecule has 0 spiro atoms. The van der Waals surface area contributed by atoms with Crippen molar-refractivity contribution in [3.63, 3.8) is 0 Å². The summed E-state index contributed by atoms with van der Waals surface area (Å²) >= 11 is 4.69. The van der Waals surface area contributed by atoms with Gasteiger partial charge in [0, 0.05) is 6.04 Å². The van der Waals surface area contributed by atoms with E-state index in [-0.39, 0.29) is 17.3 Å². The minimum atomic E-state index is -0.0350. The first-order chi connectivity index (χ1) is 6.89. The van der Waals surface area contributed by atoms with Gasteiger partial charge in [-0.3, -0.25) is 4.79 Å². The highest BCUT2D eigenvalue weighted by molar-refractivity contribution is 7.80. The number of rotatable bonds is 3. The molecule has 0 aromatic carbocycles. The van der Waals surface area contributed by atoms with Crippen LogP contribution in [0.5, 0.6) is 0 Å². The van der Waals surface area contributed by atoms with Gasteiger partial charge in [0.15, 0.2) is 0 Å². The molecule has 3 nitrogen and oxygen atoms in total. The zero-order chi connectivity index (χ0) is 11.5. The zero-order valence-corrected chi connectivity index (χ0v) is 10.3. The lowest BCUT2D eigenvalue weighted by atomic mass is 9.75. The summed E-state index contributed by atoms with van der Waals surface area (Å²) in [6.45, 7) is 4.56. The Kier molecular flexibility index (Phi) is 4.08. The van der Waals surface area contributed by atoms with Crippen LogP contribution in [0.4, 0.5) is 0 Å². The van der Waals surface area contributed by atoms with Gasteiger partial charge in [-0.25, -0.2) is 0 Å². The summed E-state index contributed by atoms with van der Waals surface area (Å²) in [6.07, 6.45) is 4.65. The summed E-state index contributed by atoms with van der Waals surface area (Å²) in [5.74, 6) is -0.0350. The lowest BCUT2D eigenvalue weighted by Crippen LogP contribution is -2.40. The van der Waals surface area contributed by atoms with Gasteiger partial charge in [0.05, 0.1) is 11.4 Å². The number of amides is 1. The van der Waals surface area contributed by atoms with Gasteiger partial charge in [-0.15, -0.1) is 0 Å². The molecule has 0 aliphatic heterocycles. The molecule has 1 fully saturated rings. The second kappa shape index (κ2) is 4.92. The van der Waals surface area contributed by atoms with Crippen LogP contribution in [0.3, 0.4) is 0 Å².